The van der Waals surface area contributed by atoms with Gasteiger partial charge in [-0.05, 0) is 38.1 Å². The predicted molar refractivity (Wildman–Crippen MR) is 122 cm³/mol. The van der Waals surface area contributed by atoms with Crippen LogP contribution in [0.15, 0.2) is 36.4 Å². The van der Waals surface area contributed by atoms with Gasteiger partial charge in [0.25, 0.3) is 0 Å². The van der Waals surface area contributed by atoms with Crippen molar-refractivity contribution in [2.24, 2.45) is 0 Å². The molecule has 0 spiro atoms. The van der Waals surface area contributed by atoms with E-state index in [1.54, 1.807) is 6.07 Å². The zero-order valence-electron chi connectivity index (χ0n) is 16.6. The molecule has 2 rings (SSSR count). The molecular formula is C22H30Cl3NO2. The molecule has 156 valence electrons. The predicted octanol–water partition coefficient (Wildman–Crippen LogP) is 7.06. The van der Waals surface area contributed by atoms with Crippen molar-refractivity contribution in [2.75, 3.05) is 13.2 Å². The van der Waals surface area contributed by atoms with E-state index in [2.05, 4.69) is 18.3 Å². The molecule has 6 heteroatoms. The molecule has 0 aliphatic heterocycles. The van der Waals surface area contributed by atoms with Crippen LogP contribution in [-0.4, -0.2) is 13.2 Å². The fourth-order valence-corrected chi connectivity index (χ4v) is 3.29. The largest absolute Gasteiger partial charge is 0.490 e. The van der Waals surface area contributed by atoms with E-state index < -0.39 is 0 Å². The number of para-hydroxylation sites is 1. The zero-order valence-corrected chi connectivity index (χ0v) is 18.9. The third kappa shape index (κ3) is 8.08. The van der Waals surface area contributed by atoms with Gasteiger partial charge in [-0.15, -0.1) is 12.4 Å². The Hall–Kier alpha value is -1.13. The third-order valence-corrected chi connectivity index (χ3v) is 4.86. The monoisotopic (exact) mass is 445 g/mol. The van der Waals surface area contributed by atoms with Crippen LogP contribution in [0, 0.1) is 0 Å². The summed E-state index contributed by atoms with van der Waals surface area (Å²) in [5.74, 6) is 1.53. The minimum Gasteiger partial charge on any atom is -0.490 e. The molecule has 0 atom stereocenters. The van der Waals surface area contributed by atoms with Gasteiger partial charge in [0.2, 0.25) is 0 Å². The van der Waals surface area contributed by atoms with Gasteiger partial charge >= 0.3 is 0 Å². The van der Waals surface area contributed by atoms with E-state index >= 15 is 0 Å². The number of hydrogen-bond acceptors (Lipinski definition) is 3. The highest BCUT2D eigenvalue weighted by atomic mass is 35.5. The van der Waals surface area contributed by atoms with Crippen molar-refractivity contribution in [3.63, 3.8) is 0 Å². The SMILES string of the molecule is CCCCCCNCc1cccc(OCC)c1OCc1ccc(Cl)cc1Cl.Cl. The number of ether oxygens (including phenoxy) is 2. The first-order chi connectivity index (χ1) is 13.2. The maximum Gasteiger partial charge on any atom is 0.166 e. The van der Waals surface area contributed by atoms with Crippen LogP contribution in [0.4, 0.5) is 0 Å². The number of nitrogens with one attached hydrogen (secondary N) is 1. The molecule has 0 aromatic heterocycles. The van der Waals surface area contributed by atoms with Crippen LogP contribution in [0.5, 0.6) is 11.5 Å². The van der Waals surface area contributed by atoms with Crippen molar-refractivity contribution in [3.05, 3.63) is 57.6 Å². The number of benzene rings is 2. The minimum absolute atomic E-state index is 0. The van der Waals surface area contributed by atoms with Crippen molar-refractivity contribution < 1.29 is 9.47 Å². The number of halogens is 3. The lowest BCUT2D eigenvalue weighted by molar-refractivity contribution is 0.266. The highest BCUT2D eigenvalue weighted by Gasteiger charge is 2.12. The molecule has 0 aliphatic rings. The molecule has 2 aromatic rings. The van der Waals surface area contributed by atoms with Gasteiger partial charge in [-0.25, -0.2) is 0 Å². The smallest absolute Gasteiger partial charge is 0.166 e. The molecule has 0 bridgehead atoms. The first-order valence-corrected chi connectivity index (χ1v) is 10.4. The van der Waals surface area contributed by atoms with Gasteiger partial charge in [0.1, 0.15) is 6.61 Å². The Morgan fingerprint density at radius 3 is 2.46 bits per heavy atom. The van der Waals surface area contributed by atoms with Crippen molar-refractivity contribution in [2.45, 2.75) is 52.7 Å². The molecule has 0 heterocycles. The van der Waals surface area contributed by atoms with Crippen LogP contribution in [0.2, 0.25) is 10.0 Å². The van der Waals surface area contributed by atoms with Gasteiger partial charge in [-0.1, -0.05) is 67.6 Å². The summed E-state index contributed by atoms with van der Waals surface area (Å²) in [7, 11) is 0. The second-order valence-corrected chi connectivity index (χ2v) is 7.28. The topological polar surface area (TPSA) is 30.5 Å². The lowest BCUT2D eigenvalue weighted by Gasteiger charge is -2.17. The maximum absolute atomic E-state index is 6.27. The Balaban J connectivity index is 0.00000392. The zero-order chi connectivity index (χ0) is 19.5. The van der Waals surface area contributed by atoms with Crippen LogP contribution >= 0.6 is 35.6 Å². The third-order valence-electron chi connectivity index (χ3n) is 4.27. The van der Waals surface area contributed by atoms with Gasteiger partial charge in [0.05, 0.1) is 6.61 Å². The van der Waals surface area contributed by atoms with E-state index in [0.717, 1.165) is 35.7 Å². The minimum atomic E-state index is 0. The van der Waals surface area contributed by atoms with E-state index in [0.29, 0.717) is 23.3 Å². The first-order valence-electron chi connectivity index (χ1n) is 9.67. The van der Waals surface area contributed by atoms with Crippen molar-refractivity contribution >= 4 is 35.6 Å². The van der Waals surface area contributed by atoms with Gasteiger partial charge in [-0.2, -0.15) is 0 Å². The highest BCUT2D eigenvalue weighted by Crippen LogP contribution is 2.33. The van der Waals surface area contributed by atoms with Crippen LogP contribution in [0.3, 0.4) is 0 Å². The van der Waals surface area contributed by atoms with Crippen molar-refractivity contribution in [1.29, 1.82) is 0 Å². The standard InChI is InChI=1S/C22H29Cl2NO2.ClH/c1-3-5-6-7-13-25-15-17-9-8-10-21(26-4-2)22(17)27-16-18-11-12-19(23)14-20(18)24;/h8-12,14,25H,3-7,13,15-16H2,1-2H3;1H. The molecule has 0 radical (unpaired) electrons. The molecule has 0 saturated heterocycles. The Labute approximate surface area is 185 Å². The lowest BCUT2D eigenvalue weighted by Crippen LogP contribution is -2.16. The molecule has 0 saturated carbocycles. The first kappa shape index (κ1) is 24.9. The van der Waals surface area contributed by atoms with Gasteiger partial charge < -0.3 is 14.8 Å². The fraction of sp³-hybridized carbons (Fsp3) is 0.455. The number of unbranched alkanes of at least 4 members (excludes halogenated alkanes) is 3. The summed E-state index contributed by atoms with van der Waals surface area (Å²) in [6.07, 6.45) is 5.00. The Bertz CT molecular complexity index is 710. The van der Waals surface area contributed by atoms with Crippen molar-refractivity contribution in [3.8, 4) is 11.5 Å². The van der Waals surface area contributed by atoms with E-state index in [4.69, 9.17) is 32.7 Å². The Morgan fingerprint density at radius 2 is 1.75 bits per heavy atom. The van der Waals surface area contributed by atoms with E-state index in [-0.39, 0.29) is 12.4 Å². The molecule has 0 fully saturated rings. The molecule has 3 nitrogen and oxygen atoms in total. The van der Waals surface area contributed by atoms with Crippen molar-refractivity contribution in [1.82, 2.24) is 5.32 Å². The van der Waals surface area contributed by atoms with Crippen LogP contribution in [0.25, 0.3) is 0 Å². The lowest BCUT2D eigenvalue weighted by atomic mass is 10.1. The van der Waals surface area contributed by atoms with Crippen LogP contribution in [0.1, 0.15) is 50.7 Å². The molecule has 28 heavy (non-hydrogen) atoms. The molecular weight excluding hydrogens is 417 g/mol. The fourth-order valence-electron chi connectivity index (χ4n) is 2.82. The average Bonchev–Trinajstić information content (AvgIpc) is 2.65. The molecule has 0 unspecified atom stereocenters. The summed E-state index contributed by atoms with van der Waals surface area (Å²) >= 11 is 12.2. The second kappa shape index (κ2) is 13.9. The molecule has 1 N–H and O–H groups in total. The normalized spacial score (nSPS) is 10.4. The summed E-state index contributed by atoms with van der Waals surface area (Å²) < 4.78 is 11.9. The molecule has 2 aromatic carbocycles. The summed E-state index contributed by atoms with van der Waals surface area (Å²) in [5.41, 5.74) is 1.98. The summed E-state index contributed by atoms with van der Waals surface area (Å²) in [5, 5.41) is 4.73. The summed E-state index contributed by atoms with van der Waals surface area (Å²) in [4.78, 5) is 0. The number of hydrogen-bond donors (Lipinski definition) is 1. The Kier molecular flexibility index (Phi) is 12.4. The number of rotatable bonds is 12. The highest BCUT2D eigenvalue weighted by molar-refractivity contribution is 6.35. The van der Waals surface area contributed by atoms with E-state index in [1.807, 2.05) is 31.2 Å². The van der Waals surface area contributed by atoms with Crippen LogP contribution in [-0.2, 0) is 13.2 Å². The summed E-state index contributed by atoms with van der Waals surface area (Å²) in [6, 6.07) is 11.4. The second-order valence-electron chi connectivity index (χ2n) is 6.44. The van der Waals surface area contributed by atoms with Gasteiger partial charge in [0, 0.05) is 27.7 Å². The Morgan fingerprint density at radius 1 is 0.929 bits per heavy atom. The molecule has 0 amide bonds. The summed E-state index contributed by atoms with van der Waals surface area (Å²) in [6.45, 7) is 6.90. The molecule has 0 aliphatic carbocycles. The van der Waals surface area contributed by atoms with E-state index in [9.17, 15) is 0 Å². The van der Waals surface area contributed by atoms with Gasteiger partial charge in [-0.3, -0.25) is 0 Å². The maximum atomic E-state index is 6.27. The average molecular weight is 447 g/mol. The van der Waals surface area contributed by atoms with Crippen LogP contribution < -0.4 is 14.8 Å². The van der Waals surface area contributed by atoms with E-state index in [1.165, 1.54) is 25.7 Å². The quantitative estimate of drug-likeness (QED) is 0.354. The van der Waals surface area contributed by atoms with Gasteiger partial charge in [0.15, 0.2) is 11.5 Å².